The van der Waals surface area contributed by atoms with Gasteiger partial charge in [0.1, 0.15) is 0 Å². The van der Waals surface area contributed by atoms with E-state index in [-0.39, 0.29) is 13.4 Å². The molecule has 52 valence electrons. The topological polar surface area (TPSA) is 46.5 Å². The van der Waals surface area contributed by atoms with Gasteiger partial charge < -0.3 is 9.84 Å². The summed E-state index contributed by atoms with van der Waals surface area (Å²) in [5, 5.41) is 7.00. The molecule has 1 N–H and O–H groups in total. The molecule has 0 saturated heterocycles. The standard InChI is InChI=1S/C3H6O2.CH4O.CH4/c1-3(4)5-2;1-2;/h1-2H3;2H,1H3;1H4. The highest BCUT2D eigenvalue weighted by molar-refractivity contribution is 5.65. The summed E-state index contributed by atoms with van der Waals surface area (Å²) < 4.78 is 4.11. The fraction of sp³-hybridized carbons (Fsp3) is 0.800. The van der Waals surface area contributed by atoms with Crippen LogP contribution in [0.15, 0.2) is 0 Å². The largest absolute Gasteiger partial charge is 0.469 e. The molecule has 0 aromatic rings. The van der Waals surface area contributed by atoms with Crippen molar-refractivity contribution in [3.8, 4) is 0 Å². The van der Waals surface area contributed by atoms with Gasteiger partial charge in [-0.25, -0.2) is 0 Å². The molecule has 0 aliphatic rings. The third-order valence-electron chi connectivity index (χ3n) is 0.287. The first-order chi connectivity index (χ1) is 3.27. The van der Waals surface area contributed by atoms with Crippen LogP contribution in [0.4, 0.5) is 0 Å². The molecular formula is C5H14O3. The molecular weight excluding hydrogens is 108 g/mol. The number of hydrogen-bond acceptors (Lipinski definition) is 3. The predicted molar refractivity (Wildman–Crippen MR) is 32.6 cm³/mol. The Hall–Kier alpha value is -0.570. The zero-order valence-corrected chi connectivity index (χ0v) is 4.76. The van der Waals surface area contributed by atoms with E-state index in [0.717, 1.165) is 7.11 Å². The Bertz CT molecular complexity index is 42.9. The van der Waals surface area contributed by atoms with Crippen LogP contribution in [0.3, 0.4) is 0 Å². The van der Waals surface area contributed by atoms with Gasteiger partial charge in [0.25, 0.3) is 0 Å². The van der Waals surface area contributed by atoms with E-state index in [1.54, 1.807) is 0 Å². The molecule has 0 aromatic heterocycles. The summed E-state index contributed by atoms with van der Waals surface area (Å²) in [4.78, 5) is 9.59. The lowest BCUT2D eigenvalue weighted by molar-refractivity contribution is -0.137. The van der Waals surface area contributed by atoms with Crippen molar-refractivity contribution in [3.63, 3.8) is 0 Å². The minimum Gasteiger partial charge on any atom is -0.469 e. The SMILES string of the molecule is C.CO.COC(C)=O. The van der Waals surface area contributed by atoms with Crippen LogP contribution < -0.4 is 0 Å². The Morgan fingerprint density at radius 3 is 1.62 bits per heavy atom. The summed E-state index contributed by atoms with van der Waals surface area (Å²) in [5.41, 5.74) is 0. The zero-order valence-electron chi connectivity index (χ0n) is 4.76. The number of rotatable bonds is 0. The molecule has 0 heterocycles. The maximum atomic E-state index is 9.59. The fourth-order valence-corrected chi connectivity index (χ4v) is 0. The first kappa shape index (κ1) is 15.7. The van der Waals surface area contributed by atoms with Crippen molar-refractivity contribution >= 4 is 5.97 Å². The first-order valence-corrected chi connectivity index (χ1v) is 1.76. The van der Waals surface area contributed by atoms with E-state index < -0.39 is 0 Å². The summed E-state index contributed by atoms with van der Waals surface area (Å²) in [5.74, 6) is -0.245. The Balaban J connectivity index is -0.0000000750. The van der Waals surface area contributed by atoms with Crippen LogP contribution in [0.1, 0.15) is 14.4 Å². The second kappa shape index (κ2) is 16.1. The van der Waals surface area contributed by atoms with Gasteiger partial charge in [0.05, 0.1) is 7.11 Å². The van der Waals surface area contributed by atoms with E-state index in [1.807, 2.05) is 0 Å². The zero-order chi connectivity index (χ0) is 6.28. The molecule has 0 bridgehead atoms. The van der Waals surface area contributed by atoms with Gasteiger partial charge in [0.15, 0.2) is 0 Å². The predicted octanol–water partition coefficient (Wildman–Crippen LogP) is 0.424. The second-order valence-electron chi connectivity index (χ2n) is 0.696. The van der Waals surface area contributed by atoms with Gasteiger partial charge in [0, 0.05) is 14.0 Å². The Labute approximate surface area is 50.3 Å². The Morgan fingerprint density at radius 1 is 1.50 bits per heavy atom. The summed E-state index contributed by atoms with van der Waals surface area (Å²) in [6, 6.07) is 0. The van der Waals surface area contributed by atoms with Crippen LogP contribution >= 0.6 is 0 Å². The summed E-state index contributed by atoms with van der Waals surface area (Å²) in [6.45, 7) is 1.36. The van der Waals surface area contributed by atoms with Gasteiger partial charge in [-0.05, 0) is 0 Å². The average Bonchev–Trinajstić information content (AvgIpc) is 1.73. The third-order valence-corrected chi connectivity index (χ3v) is 0.287. The molecule has 3 heteroatoms. The molecule has 0 aromatic carbocycles. The molecule has 0 saturated carbocycles. The Kier molecular flexibility index (Phi) is 31.5. The summed E-state index contributed by atoms with van der Waals surface area (Å²) >= 11 is 0. The van der Waals surface area contributed by atoms with E-state index in [1.165, 1.54) is 14.0 Å². The van der Waals surface area contributed by atoms with Crippen LogP contribution in [-0.4, -0.2) is 25.3 Å². The molecule has 0 radical (unpaired) electrons. The molecule has 0 aliphatic carbocycles. The van der Waals surface area contributed by atoms with E-state index in [2.05, 4.69) is 4.74 Å². The van der Waals surface area contributed by atoms with E-state index in [4.69, 9.17) is 5.11 Å². The van der Waals surface area contributed by atoms with Crippen molar-refractivity contribution in [1.82, 2.24) is 0 Å². The van der Waals surface area contributed by atoms with Crippen molar-refractivity contribution in [2.24, 2.45) is 0 Å². The number of ether oxygens (including phenoxy) is 1. The fourth-order valence-electron chi connectivity index (χ4n) is 0. The quantitative estimate of drug-likeness (QED) is 0.474. The smallest absolute Gasteiger partial charge is 0.302 e. The minimum atomic E-state index is -0.245. The molecule has 0 atom stereocenters. The minimum absolute atomic E-state index is 0. The van der Waals surface area contributed by atoms with Crippen LogP contribution in [0.5, 0.6) is 0 Å². The van der Waals surface area contributed by atoms with Crippen molar-refractivity contribution in [1.29, 1.82) is 0 Å². The van der Waals surface area contributed by atoms with E-state index in [9.17, 15) is 4.79 Å². The summed E-state index contributed by atoms with van der Waals surface area (Å²) in [7, 11) is 2.35. The normalized spacial score (nSPS) is 5.00. The highest BCUT2D eigenvalue weighted by atomic mass is 16.5. The molecule has 0 amide bonds. The van der Waals surface area contributed by atoms with Gasteiger partial charge in [0.2, 0.25) is 0 Å². The lowest BCUT2D eigenvalue weighted by Gasteiger charge is -1.80. The van der Waals surface area contributed by atoms with Crippen molar-refractivity contribution < 1.29 is 14.6 Å². The number of carbonyl (C=O) groups is 1. The highest BCUT2D eigenvalue weighted by Gasteiger charge is 1.75. The van der Waals surface area contributed by atoms with Crippen LogP contribution in [-0.2, 0) is 9.53 Å². The lowest BCUT2D eigenvalue weighted by Crippen LogP contribution is -1.88. The van der Waals surface area contributed by atoms with Crippen LogP contribution in [0.25, 0.3) is 0 Å². The van der Waals surface area contributed by atoms with Crippen LogP contribution in [0.2, 0.25) is 0 Å². The molecule has 3 nitrogen and oxygen atoms in total. The number of esters is 1. The monoisotopic (exact) mass is 122 g/mol. The van der Waals surface area contributed by atoms with Gasteiger partial charge in [-0.3, -0.25) is 4.79 Å². The van der Waals surface area contributed by atoms with Gasteiger partial charge in [-0.2, -0.15) is 0 Å². The van der Waals surface area contributed by atoms with Crippen LogP contribution in [0, 0.1) is 0 Å². The highest BCUT2D eigenvalue weighted by Crippen LogP contribution is 1.60. The molecule has 0 rings (SSSR count). The number of aliphatic hydroxyl groups is 1. The first-order valence-electron chi connectivity index (χ1n) is 1.76. The van der Waals surface area contributed by atoms with Crippen molar-refractivity contribution in [2.45, 2.75) is 14.4 Å². The second-order valence-corrected chi connectivity index (χ2v) is 0.696. The molecule has 8 heavy (non-hydrogen) atoms. The number of methoxy groups -OCH3 is 1. The maximum absolute atomic E-state index is 9.59. The maximum Gasteiger partial charge on any atom is 0.302 e. The van der Waals surface area contributed by atoms with Gasteiger partial charge >= 0.3 is 5.97 Å². The number of hydrogen-bond donors (Lipinski definition) is 1. The molecule has 0 fully saturated rings. The Morgan fingerprint density at radius 2 is 1.62 bits per heavy atom. The molecule has 0 unspecified atom stereocenters. The average molecular weight is 122 g/mol. The van der Waals surface area contributed by atoms with Gasteiger partial charge in [-0.15, -0.1) is 0 Å². The number of carbonyl (C=O) groups excluding carboxylic acids is 1. The van der Waals surface area contributed by atoms with E-state index >= 15 is 0 Å². The van der Waals surface area contributed by atoms with E-state index in [0.29, 0.717) is 0 Å². The molecule has 0 spiro atoms. The van der Waals surface area contributed by atoms with Gasteiger partial charge in [-0.1, -0.05) is 7.43 Å². The van der Waals surface area contributed by atoms with Crippen molar-refractivity contribution in [2.75, 3.05) is 14.2 Å². The summed E-state index contributed by atoms with van der Waals surface area (Å²) in [6.07, 6.45) is 0. The number of aliphatic hydroxyl groups excluding tert-OH is 1. The van der Waals surface area contributed by atoms with Crippen molar-refractivity contribution in [3.05, 3.63) is 0 Å². The third kappa shape index (κ3) is 52.1. The lowest BCUT2D eigenvalue weighted by atomic mass is 10.8. The molecule has 0 aliphatic heterocycles.